The van der Waals surface area contributed by atoms with Crippen LogP contribution in [0.15, 0.2) is 22.7 Å². The van der Waals surface area contributed by atoms with Gasteiger partial charge in [0.15, 0.2) is 0 Å². The quantitative estimate of drug-likeness (QED) is 0.700. The van der Waals surface area contributed by atoms with Gasteiger partial charge in [0.1, 0.15) is 11.8 Å². The van der Waals surface area contributed by atoms with E-state index in [2.05, 4.69) is 21.1 Å². The van der Waals surface area contributed by atoms with Crippen molar-refractivity contribution in [3.63, 3.8) is 0 Å². The zero-order valence-corrected chi connectivity index (χ0v) is 17.2. The fourth-order valence-corrected chi connectivity index (χ4v) is 4.79. The zero-order chi connectivity index (χ0) is 20.9. The lowest BCUT2D eigenvalue weighted by Crippen LogP contribution is -2.56. The number of benzene rings is 1. The standard InChI is InChI=1S/C22H26N4O4/c1-12-20(13(2)30-26-12)14-3-4-16(23-15-8-22(9-15)10-29-11-22)18(7-14)25-21(28)17-5-6-19(27)24-17/h3-4,7,15,17,23H,5-6,8-11H2,1-2H3,(H,24,27)(H,25,28)/t17-/m0/s1. The maximum absolute atomic E-state index is 12.8. The molecule has 2 amide bonds. The lowest BCUT2D eigenvalue weighted by atomic mass is 9.64. The Balaban J connectivity index is 1.40. The molecule has 3 N–H and O–H groups in total. The van der Waals surface area contributed by atoms with E-state index in [0.29, 0.717) is 30.0 Å². The minimum atomic E-state index is -0.493. The van der Waals surface area contributed by atoms with Gasteiger partial charge < -0.3 is 25.2 Å². The van der Waals surface area contributed by atoms with Crippen LogP contribution < -0.4 is 16.0 Å². The van der Waals surface area contributed by atoms with Gasteiger partial charge in [-0.25, -0.2) is 0 Å². The Kier molecular flexibility index (Phi) is 4.54. The Labute approximate surface area is 174 Å². The molecule has 0 radical (unpaired) electrons. The molecule has 1 spiro atoms. The lowest BCUT2D eigenvalue weighted by Gasteiger charge is -2.53. The van der Waals surface area contributed by atoms with E-state index in [1.807, 2.05) is 32.0 Å². The fraction of sp³-hybridized carbons (Fsp3) is 0.500. The van der Waals surface area contributed by atoms with Crippen LogP contribution in [0.3, 0.4) is 0 Å². The summed E-state index contributed by atoms with van der Waals surface area (Å²) in [6.07, 6.45) is 3.05. The van der Waals surface area contributed by atoms with Crippen molar-refractivity contribution in [2.75, 3.05) is 23.8 Å². The van der Waals surface area contributed by atoms with E-state index < -0.39 is 6.04 Å². The van der Waals surface area contributed by atoms with E-state index in [9.17, 15) is 9.59 Å². The molecule has 1 aromatic heterocycles. The summed E-state index contributed by atoms with van der Waals surface area (Å²) < 4.78 is 10.7. The van der Waals surface area contributed by atoms with Gasteiger partial charge in [0, 0.05) is 23.4 Å². The van der Waals surface area contributed by atoms with Crippen LogP contribution in [0.25, 0.3) is 11.1 Å². The molecule has 3 heterocycles. The molecule has 158 valence electrons. The average molecular weight is 410 g/mol. The van der Waals surface area contributed by atoms with Crippen molar-refractivity contribution >= 4 is 23.2 Å². The van der Waals surface area contributed by atoms with E-state index >= 15 is 0 Å². The minimum Gasteiger partial charge on any atom is -0.381 e. The number of nitrogens with zero attached hydrogens (tertiary/aromatic N) is 1. The number of amides is 2. The van der Waals surface area contributed by atoms with Crippen molar-refractivity contribution in [1.29, 1.82) is 0 Å². The lowest BCUT2D eigenvalue weighted by molar-refractivity contribution is -0.159. The number of hydrogen-bond donors (Lipinski definition) is 3. The van der Waals surface area contributed by atoms with Gasteiger partial charge in [-0.05, 0) is 50.8 Å². The number of rotatable bonds is 5. The van der Waals surface area contributed by atoms with Gasteiger partial charge in [-0.2, -0.15) is 0 Å². The van der Waals surface area contributed by atoms with Gasteiger partial charge in [-0.3, -0.25) is 9.59 Å². The second-order valence-corrected chi connectivity index (χ2v) is 8.85. The highest BCUT2D eigenvalue weighted by Crippen LogP contribution is 2.48. The Morgan fingerprint density at radius 2 is 2.03 bits per heavy atom. The SMILES string of the molecule is Cc1noc(C)c1-c1ccc(NC2CC3(COC3)C2)c(NC(=O)[C@@H]2CCC(=O)N2)c1. The van der Waals surface area contributed by atoms with Crippen LogP contribution in [0.4, 0.5) is 11.4 Å². The summed E-state index contributed by atoms with van der Waals surface area (Å²) in [5.41, 5.74) is 4.60. The van der Waals surface area contributed by atoms with Crippen LogP contribution in [-0.2, 0) is 14.3 Å². The molecule has 0 unspecified atom stereocenters. The molecule has 1 saturated carbocycles. The molecule has 30 heavy (non-hydrogen) atoms. The first-order chi connectivity index (χ1) is 14.4. The summed E-state index contributed by atoms with van der Waals surface area (Å²) in [5.74, 6) is 0.456. The smallest absolute Gasteiger partial charge is 0.247 e. The summed E-state index contributed by atoms with van der Waals surface area (Å²) in [7, 11) is 0. The molecular formula is C22H26N4O4. The third-order valence-corrected chi connectivity index (χ3v) is 6.45. The Morgan fingerprint density at radius 1 is 1.23 bits per heavy atom. The summed E-state index contributed by atoms with van der Waals surface area (Å²) >= 11 is 0. The number of anilines is 2. The topological polar surface area (TPSA) is 105 Å². The van der Waals surface area contributed by atoms with Gasteiger partial charge in [-0.15, -0.1) is 0 Å². The summed E-state index contributed by atoms with van der Waals surface area (Å²) in [6.45, 7) is 5.48. The van der Waals surface area contributed by atoms with Gasteiger partial charge in [0.2, 0.25) is 11.8 Å². The van der Waals surface area contributed by atoms with Crippen LogP contribution in [0.5, 0.6) is 0 Å². The largest absolute Gasteiger partial charge is 0.381 e. The number of nitrogens with one attached hydrogen (secondary N) is 3. The highest BCUT2D eigenvalue weighted by atomic mass is 16.5. The molecule has 3 aliphatic rings. The molecular weight excluding hydrogens is 384 g/mol. The maximum Gasteiger partial charge on any atom is 0.247 e. The van der Waals surface area contributed by atoms with E-state index in [1.165, 1.54) is 0 Å². The van der Waals surface area contributed by atoms with Crippen molar-refractivity contribution in [2.45, 2.75) is 51.6 Å². The summed E-state index contributed by atoms with van der Waals surface area (Å²) in [4.78, 5) is 24.3. The summed E-state index contributed by atoms with van der Waals surface area (Å²) in [5, 5.41) is 13.4. The molecule has 1 aromatic carbocycles. The van der Waals surface area contributed by atoms with Crippen molar-refractivity contribution in [3.8, 4) is 11.1 Å². The monoisotopic (exact) mass is 410 g/mol. The van der Waals surface area contributed by atoms with E-state index in [1.54, 1.807) is 0 Å². The van der Waals surface area contributed by atoms with Crippen molar-refractivity contribution in [2.24, 2.45) is 5.41 Å². The molecule has 1 aliphatic carbocycles. The molecule has 2 aliphatic heterocycles. The predicted molar refractivity (Wildman–Crippen MR) is 111 cm³/mol. The van der Waals surface area contributed by atoms with Crippen LogP contribution in [0.1, 0.15) is 37.1 Å². The third-order valence-electron chi connectivity index (χ3n) is 6.45. The number of carbonyl (C=O) groups is 2. The molecule has 8 heteroatoms. The van der Waals surface area contributed by atoms with Crippen LogP contribution >= 0.6 is 0 Å². The molecule has 0 bridgehead atoms. The minimum absolute atomic E-state index is 0.0829. The normalized spacial score (nSPS) is 22.3. The zero-order valence-electron chi connectivity index (χ0n) is 17.2. The van der Waals surface area contributed by atoms with Gasteiger partial charge in [-0.1, -0.05) is 11.2 Å². The first-order valence-electron chi connectivity index (χ1n) is 10.4. The van der Waals surface area contributed by atoms with Crippen molar-refractivity contribution < 1.29 is 18.8 Å². The van der Waals surface area contributed by atoms with E-state index in [-0.39, 0.29) is 11.8 Å². The maximum atomic E-state index is 12.8. The first-order valence-corrected chi connectivity index (χ1v) is 10.4. The average Bonchev–Trinajstić information content (AvgIpc) is 3.23. The third kappa shape index (κ3) is 3.35. The Hall–Kier alpha value is -2.87. The van der Waals surface area contributed by atoms with Gasteiger partial charge >= 0.3 is 0 Å². The van der Waals surface area contributed by atoms with Crippen LogP contribution in [0.2, 0.25) is 0 Å². The molecule has 8 nitrogen and oxygen atoms in total. The number of aryl methyl sites for hydroxylation is 2. The van der Waals surface area contributed by atoms with Crippen LogP contribution in [0, 0.1) is 19.3 Å². The first kappa shape index (κ1) is 19.1. The molecule has 2 saturated heterocycles. The number of carbonyl (C=O) groups excluding carboxylic acids is 2. The van der Waals surface area contributed by atoms with Gasteiger partial charge in [0.05, 0.1) is 30.3 Å². The molecule has 1 atom stereocenters. The molecule has 5 rings (SSSR count). The highest BCUT2D eigenvalue weighted by Gasteiger charge is 2.49. The second kappa shape index (κ2) is 7.12. The predicted octanol–water partition coefficient (Wildman–Crippen LogP) is 2.77. The van der Waals surface area contributed by atoms with Crippen molar-refractivity contribution in [1.82, 2.24) is 10.5 Å². The fourth-order valence-electron chi connectivity index (χ4n) is 4.79. The molecule has 2 aromatic rings. The van der Waals surface area contributed by atoms with E-state index in [4.69, 9.17) is 9.26 Å². The second-order valence-electron chi connectivity index (χ2n) is 8.85. The molecule has 3 fully saturated rings. The number of hydrogen-bond acceptors (Lipinski definition) is 6. The Morgan fingerprint density at radius 3 is 2.63 bits per heavy atom. The van der Waals surface area contributed by atoms with Gasteiger partial charge in [0.25, 0.3) is 0 Å². The Bertz CT molecular complexity index is 983. The highest BCUT2D eigenvalue weighted by molar-refractivity contribution is 6.01. The van der Waals surface area contributed by atoms with Crippen molar-refractivity contribution in [3.05, 3.63) is 29.7 Å². The van der Waals surface area contributed by atoms with E-state index in [0.717, 1.165) is 54.3 Å². The number of aromatic nitrogens is 1. The number of ether oxygens (including phenoxy) is 1. The van der Waals surface area contributed by atoms with Crippen LogP contribution in [-0.4, -0.2) is 42.3 Å². The summed E-state index contributed by atoms with van der Waals surface area (Å²) in [6, 6.07) is 5.83.